The van der Waals surface area contributed by atoms with Crippen LogP contribution in [0.4, 0.5) is 17.1 Å². The summed E-state index contributed by atoms with van der Waals surface area (Å²) in [5, 5.41) is 7.93. The molecule has 0 bridgehead atoms. The van der Waals surface area contributed by atoms with Gasteiger partial charge in [0.05, 0.1) is 11.4 Å². The molecule has 30 heavy (non-hydrogen) atoms. The third-order valence-corrected chi connectivity index (χ3v) is 7.27. The van der Waals surface area contributed by atoms with Gasteiger partial charge in [-0.1, -0.05) is 78.5 Å². The molecule has 0 saturated heterocycles. The minimum Gasteiger partial charge on any atom is -0.308 e. The van der Waals surface area contributed by atoms with Crippen molar-refractivity contribution in [3.05, 3.63) is 103 Å². The minimum absolute atomic E-state index is 1.21. The lowest BCUT2D eigenvalue weighted by molar-refractivity contribution is 1.17. The highest BCUT2D eigenvalue weighted by molar-refractivity contribution is 7.99. The molecule has 0 saturated carbocycles. The maximum absolute atomic E-state index is 2.41. The standard InChI is InChI=1S/C28H17NS/c1-3-10-25-23(8-1)29(24-9-2-4-11-26(24)30-25)22-16-20-14-12-18-6-5-7-19-13-15-21(17-22)28(20)27(18)19/h1-17H. The molecular formula is C28H17NS. The third-order valence-electron chi connectivity index (χ3n) is 6.14. The summed E-state index contributed by atoms with van der Waals surface area (Å²) in [5.74, 6) is 0. The summed E-state index contributed by atoms with van der Waals surface area (Å²) >= 11 is 1.85. The summed E-state index contributed by atoms with van der Waals surface area (Å²) in [5.41, 5.74) is 3.70. The molecule has 0 N–H and O–H groups in total. The molecular weight excluding hydrogens is 382 g/mol. The lowest BCUT2D eigenvalue weighted by atomic mass is 9.93. The highest BCUT2D eigenvalue weighted by Crippen LogP contribution is 2.52. The smallest absolute Gasteiger partial charge is 0.0601 e. The van der Waals surface area contributed by atoms with Gasteiger partial charge in [-0.3, -0.25) is 0 Å². The van der Waals surface area contributed by atoms with E-state index in [1.54, 1.807) is 0 Å². The van der Waals surface area contributed by atoms with E-state index in [0.717, 1.165) is 0 Å². The first kappa shape index (κ1) is 16.3. The highest BCUT2D eigenvalue weighted by atomic mass is 32.2. The fourth-order valence-corrected chi connectivity index (χ4v) is 5.91. The Morgan fingerprint density at radius 2 is 0.967 bits per heavy atom. The van der Waals surface area contributed by atoms with Gasteiger partial charge in [0.1, 0.15) is 0 Å². The average Bonchev–Trinajstić information content (AvgIpc) is 2.80. The molecule has 0 fully saturated rings. The van der Waals surface area contributed by atoms with Crippen molar-refractivity contribution in [2.24, 2.45) is 0 Å². The van der Waals surface area contributed by atoms with E-state index >= 15 is 0 Å². The first-order valence-electron chi connectivity index (χ1n) is 10.2. The number of para-hydroxylation sites is 2. The molecule has 1 nitrogen and oxygen atoms in total. The Hall–Kier alpha value is -3.49. The highest BCUT2D eigenvalue weighted by Gasteiger charge is 2.24. The van der Waals surface area contributed by atoms with Crippen molar-refractivity contribution >= 4 is 61.1 Å². The summed E-state index contributed by atoms with van der Waals surface area (Å²) in [7, 11) is 0. The molecule has 0 aliphatic carbocycles. The van der Waals surface area contributed by atoms with E-state index in [2.05, 4.69) is 108 Å². The predicted octanol–water partition coefficient (Wildman–Crippen LogP) is 8.52. The number of benzene rings is 6. The van der Waals surface area contributed by atoms with Crippen LogP contribution in [0.3, 0.4) is 0 Å². The number of fused-ring (bicyclic) bond motifs is 2. The van der Waals surface area contributed by atoms with Gasteiger partial charge in [0.15, 0.2) is 0 Å². The van der Waals surface area contributed by atoms with Crippen LogP contribution in [0.15, 0.2) is 113 Å². The van der Waals surface area contributed by atoms with E-state index in [1.807, 2.05) is 11.8 Å². The van der Waals surface area contributed by atoms with Gasteiger partial charge in [0.25, 0.3) is 0 Å². The zero-order chi connectivity index (χ0) is 19.7. The normalized spacial score (nSPS) is 13.1. The van der Waals surface area contributed by atoms with E-state index in [0.29, 0.717) is 0 Å². The van der Waals surface area contributed by atoms with E-state index in [4.69, 9.17) is 0 Å². The molecule has 1 aliphatic heterocycles. The molecule has 2 heteroatoms. The van der Waals surface area contributed by atoms with Crippen LogP contribution in [-0.2, 0) is 0 Å². The maximum Gasteiger partial charge on any atom is 0.0601 e. The molecule has 6 aromatic carbocycles. The first-order valence-corrected chi connectivity index (χ1v) is 11.0. The number of hydrogen-bond acceptors (Lipinski definition) is 2. The second-order valence-corrected chi connectivity index (χ2v) is 8.93. The molecule has 140 valence electrons. The van der Waals surface area contributed by atoms with E-state index < -0.39 is 0 Å². The second-order valence-electron chi connectivity index (χ2n) is 7.85. The van der Waals surface area contributed by atoms with Crippen molar-refractivity contribution in [2.75, 3.05) is 4.90 Å². The Kier molecular flexibility index (Phi) is 3.27. The zero-order valence-electron chi connectivity index (χ0n) is 16.2. The summed E-state index contributed by atoms with van der Waals surface area (Å²) < 4.78 is 0. The van der Waals surface area contributed by atoms with Crippen molar-refractivity contribution in [3.8, 4) is 0 Å². The van der Waals surface area contributed by atoms with Crippen LogP contribution in [-0.4, -0.2) is 0 Å². The molecule has 7 rings (SSSR count). The summed E-state index contributed by atoms with van der Waals surface area (Å²) in [6.45, 7) is 0. The summed E-state index contributed by atoms with van der Waals surface area (Å²) in [6.07, 6.45) is 0. The van der Waals surface area contributed by atoms with Gasteiger partial charge in [-0.15, -0.1) is 0 Å². The minimum atomic E-state index is 1.21. The van der Waals surface area contributed by atoms with Gasteiger partial charge in [-0.25, -0.2) is 0 Å². The monoisotopic (exact) mass is 399 g/mol. The first-order chi connectivity index (χ1) is 14.9. The Morgan fingerprint density at radius 3 is 1.57 bits per heavy atom. The fraction of sp³-hybridized carbons (Fsp3) is 0. The molecule has 0 radical (unpaired) electrons. The Bertz CT molecular complexity index is 1470. The molecule has 0 unspecified atom stereocenters. The molecule has 0 atom stereocenters. The lowest BCUT2D eigenvalue weighted by Crippen LogP contribution is -2.14. The molecule has 0 aromatic heterocycles. The molecule has 6 aromatic rings. The van der Waals surface area contributed by atoms with E-state index in [-0.39, 0.29) is 0 Å². The van der Waals surface area contributed by atoms with Crippen molar-refractivity contribution in [1.82, 2.24) is 0 Å². The number of rotatable bonds is 1. The predicted molar refractivity (Wildman–Crippen MR) is 129 cm³/mol. The maximum atomic E-state index is 2.41. The summed E-state index contributed by atoms with van der Waals surface area (Å²) in [4.78, 5) is 5.00. The van der Waals surface area contributed by atoms with Crippen LogP contribution < -0.4 is 4.90 Å². The van der Waals surface area contributed by atoms with Gasteiger partial charge >= 0.3 is 0 Å². The SMILES string of the molecule is c1ccc2c(c1)Sc1ccccc1N2c1cc2ccc3cccc4ccc(c1)c2c34. The molecule has 0 spiro atoms. The number of nitrogens with zero attached hydrogens (tertiary/aromatic N) is 1. The van der Waals surface area contributed by atoms with Crippen molar-refractivity contribution in [3.63, 3.8) is 0 Å². The van der Waals surface area contributed by atoms with Gasteiger partial charge < -0.3 is 4.90 Å². The largest absolute Gasteiger partial charge is 0.308 e. The Labute approximate surface area is 178 Å². The van der Waals surface area contributed by atoms with Crippen LogP contribution in [0.1, 0.15) is 0 Å². The van der Waals surface area contributed by atoms with Crippen LogP contribution in [0.25, 0.3) is 32.3 Å². The van der Waals surface area contributed by atoms with E-state index in [1.165, 1.54) is 59.2 Å². The summed E-state index contributed by atoms with van der Waals surface area (Å²) in [6, 6.07) is 37.7. The second kappa shape index (κ2) is 6.01. The van der Waals surface area contributed by atoms with Gasteiger partial charge in [0, 0.05) is 15.5 Å². The Balaban J connectivity index is 1.56. The Morgan fingerprint density at radius 1 is 0.467 bits per heavy atom. The quantitative estimate of drug-likeness (QED) is 0.254. The van der Waals surface area contributed by atoms with Crippen LogP contribution >= 0.6 is 11.8 Å². The van der Waals surface area contributed by atoms with E-state index in [9.17, 15) is 0 Å². The average molecular weight is 400 g/mol. The van der Waals surface area contributed by atoms with Gasteiger partial charge in [-0.05, 0) is 68.7 Å². The molecule has 1 aliphatic rings. The van der Waals surface area contributed by atoms with Crippen molar-refractivity contribution in [2.45, 2.75) is 9.79 Å². The molecule has 1 heterocycles. The van der Waals surface area contributed by atoms with Crippen LogP contribution in [0, 0.1) is 0 Å². The van der Waals surface area contributed by atoms with Crippen LogP contribution in [0.2, 0.25) is 0 Å². The molecule has 0 amide bonds. The van der Waals surface area contributed by atoms with Crippen LogP contribution in [0.5, 0.6) is 0 Å². The van der Waals surface area contributed by atoms with Crippen molar-refractivity contribution < 1.29 is 0 Å². The zero-order valence-corrected chi connectivity index (χ0v) is 17.0. The van der Waals surface area contributed by atoms with Gasteiger partial charge in [0.2, 0.25) is 0 Å². The van der Waals surface area contributed by atoms with Gasteiger partial charge in [-0.2, -0.15) is 0 Å². The van der Waals surface area contributed by atoms with Crippen molar-refractivity contribution in [1.29, 1.82) is 0 Å². The third kappa shape index (κ3) is 2.20. The number of anilines is 3. The number of hydrogen-bond donors (Lipinski definition) is 0. The fourth-order valence-electron chi connectivity index (χ4n) is 4.85. The lowest BCUT2D eigenvalue weighted by Gasteiger charge is -2.33. The topological polar surface area (TPSA) is 3.24 Å².